The number of hydrogen-bond acceptors (Lipinski definition) is 2. The largest absolute Gasteiger partial charge is 0.309 e. The van der Waals surface area contributed by atoms with Crippen molar-refractivity contribution >= 4 is 43.4 Å². The molecular weight excluding hydrogens is 763 g/mol. The fourth-order valence-corrected chi connectivity index (χ4v) is 11.5. The summed E-state index contributed by atoms with van der Waals surface area (Å²) in [5, 5.41) is 7.98. The van der Waals surface area contributed by atoms with Gasteiger partial charge in [-0.15, -0.1) is 0 Å². The Kier molecular flexibility index (Phi) is 8.14. The first-order valence-corrected chi connectivity index (χ1v) is 22.5. The molecule has 0 bridgehead atoms. The van der Waals surface area contributed by atoms with Crippen LogP contribution in [-0.2, 0) is 5.41 Å². The van der Waals surface area contributed by atoms with E-state index in [9.17, 15) is 0 Å². The summed E-state index contributed by atoms with van der Waals surface area (Å²) in [5.41, 5.74) is 16.8. The first kappa shape index (κ1) is 36.1. The van der Waals surface area contributed by atoms with Gasteiger partial charge in [-0.3, -0.25) is 0 Å². The third-order valence-electron chi connectivity index (χ3n) is 14.2. The molecule has 0 amide bonds. The topological polar surface area (TPSA) is 30.7 Å². The van der Waals surface area contributed by atoms with E-state index in [1.807, 2.05) is 0 Å². The van der Waals surface area contributed by atoms with E-state index in [0.717, 1.165) is 44.9 Å². The molecule has 298 valence electrons. The highest BCUT2D eigenvalue weighted by atomic mass is 15.0. The molecule has 2 heterocycles. The van der Waals surface area contributed by atoms with Gasteiger partial charge in [0.25, 0.3) is 0 Å². The predicted octanol–water partition coefficient (Wildman–Crippen LogP) is 15.8. The smallest absolute Gasteiger partial charge is 0.160 e. The average Bonchev–Trinajstić information content (AvgIpc) is 3.85. The molecule has 1 saturated carbocycles. The summed E-state index contributed by atoms with van der Waals surface area (Å²) in [6, 6.07) is 73.0. The lowest BCUT2D eigenvalue weighted by Gasteiger charge is -2.36. The van der Waals surface area contributed by atoms with Crippen LogP contribution < -0.4 is 0 Å². The zero-order valence-electron chi connectivity index (χ0n) is 34.9. The fourth-order valence-electron chi connectivity index (χ4n) is 11.5. The van der Waals surface area contributed by atoms with Crippen LogP contribution in [0.3, 0.4) is 0 Å². The molecule has 2 aromatic heterocycles. The SMILES string of the molecule is c1ccc(-c2cc(-c3ccccc3-c3ccccc3)nc(-c3ccc(-n4c5ccc6ccccc6c5c5c6c(c7ccccc7c54)-c4ccccc4C64CCCCC4)cc3)n2)cc1. The van der Waals surface area contributed by atoms with Crippen molar-refractivity contribution in [2.24, 2.45) is 0 Å². The Balaban J connectivity index is 1.06. The van der Waals surface area contributed by atoms with Gasteiger partial charge in [-0.2, -0.15) is 0 Å². The van der Waals surface area contributed by atoms with Crippen LogP contribution in [0, 0.1) is 0 Å². The molecule has 1 spiro atoms. The molecule has 0 unspecified atom stereocenters. The van der Waals surface area contributed by atoms with E-state index in [1.165, 1.54) is 92.1 Å². The monoisotopic (exact) mass is 805 g/mol. The first-order chi connectivity index (χ1) is 31.2. The van der Waals surface area contributed by atoms with E-state index in [-0.39, 0.29) is 5.41 Å². The minimum absolute atomic E-state index is 0.0235. The lowest BCUT2D eigenvalue weighted by molar-refractivity contribution is 0.355. The summed E-state index contributed by atoms with van der Waals surface area (Å²) in [4.78, 5) is 10.6. The molecule has 13 rings (SSSR count). The molecule has 11 aromatic rings. The van der Waals surface area contributed by atoms with Crippen LogP contribution in [0.1, 0.15) is 43.2 Å². The van der Waals surface area contributed by atoms with Gasteiger partial charge in [0.05, 0.1) is 22.4 Å². The second kappa shape index (κ2) is 14.2. The van der Waals surface area contributed by atoms with Gasteiger partial charge in [0.1, 0.15) is 0 Å². The molecular formula is C60H43N3. The van der Waals surface area contributed by atoms with E-state index in [4.69, 9.17) is 9.97 Å². The molecule has 0 radical (unpaired) electrons. The van der Waals surface area contributed by atoms with Crippen molar-refractivity contribution < 1.29 is 0 Å². The van der Waals surface area contributed by atoms with Crippen LogP contribution in [0.4, 0.5) is 0 Å². The zero-order chi connectivity index (χ0) is 41.5. The lowest BCUT2D eigenvalue weighted by atomic mass is 9.66. The van der Waals surface area contributed by atoms with Gasteiger partial charge in [-0.05, 0) is 98.8 Å². The second-order valence-electron chi connectivity index (χ2n) is 17.5. The average molecular weight is 806 g/mol. The summed E-state index contributed by atoms with van der Waals surface area (Å²) in [7, 11) is 0. The third-order valence-corrected chi connectivity index (χ3v) is 14.2. The van der Waals surface area contributed by atoms with Crippen molar-refractivity contribution in [1.29, 1.82) is 0 Å². The van der Waals surface area contributed by atoms with Crippen molar-refractivity contribution in [2.75, 3.05) is 0 Å². The molecule has 0 N–H and O–H groups in total. The molecule has 0 saturated heterocycles. The molecule has 3 heteroatoms. The molecule has 0 atom stereocenters. The van der Waals surface area contributed by atoms with Crippen molar-refractivity contribution in [2.45, 2.75) is 37.5 Å². The van der Waals surface area contributed by atoms with Crippen molar-refractivity contribution in [3.63, 3.8) is 0 Å². The Morgan fingerprint density at radius 3 is 1.83 bits per heavy atom. The Morgan fingerprint density at radius 2 is 1.05 bits per heavy atom. The molecule has 1 fully saturated rings. The van der Waals surface area contributed by atoms with Gasteiger partial charge in [-0.1, -0.05) is 183 Å². The Labute approximate surface area is 367 Å². The highest BCUT2D eigenvalue weighted by Crippen LogP contribution is 2.61. The first-order valence-electron chi connectivity index (χ1n) is 22.5. The van der Waals surface area contributed by atoms with Crippen molar-refractivity contribution in [3.05, 3.63) is 211 Å². The van der Waals surface area contributed by atoms with Crippen molar-refractivity contribution in [1.82, 2.24) is 14.5 Å². The van der Waals surface area contributed by atoms with E-state index >= 15 is 0 Å². The lowest BCUT2D eigenvalue weighted by Crippen LogP contribution is -2.28. The molecule has 2 aliphatic carbocycles. The zero-order valence-corrected chi connectivity index (χ0v) is 34.9. The van der Waals surface area contributed by atoms with E-state index in [1.54, 1.807) is 5.56 Å². The van der Waals surface area contributed by atoms with E-state index in [2.05, 4.69) is 205 Å². The van der Waals surface area contributed by atoms with Gasteiger partial charge < -0.3 is 4.57 Å². The van der Waals surface area contributed by atoms with Crippen LogP contribution in [0.25, 0.3) is 105 Å². The standard InChI is InChI=1S/C60H43N3/c1-4-18-39(19-5-1)44-23-10-11-25-46(44)52-38-51(41-21-6-2-7-22-41)61-59(62-52)42-30-33-43(34-31-42)63-53-35-32-40-20-8-9-24-45(40)55(53)56-57-54(47-26-12-13-27-48(47)58(56)63)49-28-14-15-29-50(49)60(57)36-16-3-17-37-60/h1-2,4-15,18-35,38H,3,16-17,36-37H2. The maximum Gasteiger partial charge on any atom is 0.160 e. The maximum atomic E-state index is 5.34. The highest BCUT2D eigenvalue weighted by molar-refractivity contribution is 6.30. The summed E-state index contributed by atoms with van der Waals surface area (Å²) in [5.74, 6) is 0.703. The molecule has 63 heavy (non-hydrogen) atoms. The van der Waals surface area contributed by atoms with Crippen LogP contribution in [-0.4, -0.2) is 14.5 Å². The number of benzene rings is 9. The predicted molar refractivity (Wildman–Crippen MR) is 262 cm³/mol. The van der Waals surface area contributed by atoms with Crippen molar-refractivity contribution in [3.8, 4) is 61.8 Å². The second-order valence-corrected chi connectivity index (χ2v) is 17.5. The minimum atomic E-state index is -0.0235. The van der Waals surface area contributed by atoms with Gasteiger partial charge >= 0.3 is 0 Å². The van der Waals surface area contributed by atoms with Crippen LogP contribution >= 0.6 is 0 Å². The van der Waals surface area contributed by atoms with Crippen LogP contribution in [0.5, 0.6) is 0 Å². The normalized spacial score (nSPS) is 14.2. The number of nitrogens with zero attached hydrogens (tertiary/aromatic N) is 3. The number of hydrogen-bond donors (Lipinski definition) is 0. The molecule has 2 aliphatic rings. The molecule has 0 aliphatic heterocycles. The minimum Gasteiger partial charge on any atom is -0.309 e. The maximum absolute atomic E-state index is 5.34. The van der Waals surface area contributed by atoms with Gasteiger partial charge in [0.2, 0.25) is 0 Å². The summed E-state index contributed by atoms with van der Waals surface area (Å²) in [6.45, 7) is 0. The quantitative estimate of drug-likeness (QED) is 0.173. The Hall–Kier alpha value is -7.62. The molecule has 3 nitrogen and oxygen atoms in total. The highest BCUT2D eigenvalue weighted by Gasteiger charge is 2.46. The Morgan fingerprint density at radius 1 is 0.429 bits per heavy atom. The summed E-state index contributed by atoms with van der Waals surface area (Å²) in [6.07, 6.45) is 6.14. The van der Waals surface area contributed by atoms with Gasteiger partial charge in [0, 0.05) is 44.0 Å². The number of fused-ring (bicyclic) bond motifs is 14. The van der Waals surface area contributed by atoms with Crippen LogP contribution in [0.2, 0.25) is 0 Å². The fraction of sp³-hybridized carbons (Fsp3) is 0.100. The van der Waals surface area contributed by atoms with Gasteiger partial charge in [-0.25, -0.2) is 9.97 Å². The molecule has 9 aromatic carbocycles. The van der Waals surface area contributed by atoms with E-state index < -0.39 is 0 Å². The third kappa shape index (κ3) is 5.46. The Bertz CT molecular complexity index is 3580. The van der Waals surface area contributed by atoms with Gasteiger partial charge in [0.15, 0.2) is 5.82 Å². The number of rotatable bonds is 5. The summed E-state index contributed by atoms with van der Waals surface area (Å²) < 4.78 is 2.56. The number of aromatic nitrogens is 3. The van der Waals surface area contributed by atoms with E-state index in [0.29, 0.717) is 5.82 Å². The summed E-state index contributed by atoms with van der Waals surface area (Å²) >= 11 is 0. The van der Waals surface area contributed by atoms with Crippen LogP contribution in [0.15, 0.2) is 200 Å².